The van der Waals surface area contributed by atoms with Crippen molar-refractivity contribution < 1.29 is 0 Å². The highest BCUT2D eigenvalue weighted by Crippen LogP contribution is 2.25. The van der Waals surface area contributed by atoms with Crippen LogP contribution < -0.4 is 10.2 Å². The zero-order valence-corrected chi connectivity index (χ0v) is 12.0. The van der Waals surface area contributed by atoms with Gasteiger partial charge in [-0.1, -0.05) is 0 Å². The lowest BCUT2D eigenvalue weighted by Crippen LogP contribution is -2.21. The second kappa shape index (κ2) is 6.00. The van der Waals surface area contributed by atoms with Gasteiger partial charge in [0.1, 0.15) is 5.03 Å². The highest BCUT2D eigenvalue weighted by Gasteiger charge is 2.17. The van der Waals surface area contributed by atoms with Crippen molar-refractivity contribution in [2.45, 2.75) is 23.0 Å². The average Bonchev–Trinajstić information content (AvgIpc) is 3.02. The van der Waals surface area contributed by atoms with E-state index in [4.69, 9.17) is 0 Å². The van der Waals surface area contributed by atoms with Crippen molar-refractivity contribution in [1.29, 1.82) is 0 Å². The second-order valence-electron chi connectivity index (χ2n) is 4.33. The van der Waals surface area contributed by atoms with Gasteiger partial charge in [-0.3, -0.25) is 4.98 Å². The molecule has 104 valence electrons. The molecule has 0 atom stereocenters. The molecule has 7 nitrogen and oxygen atoms in total. The number of anilines is 2. The minimum absolute atomic E-state index is 0.577. The molecule has 0 radical (unpaired) electrons. The van der Waals surface area contributed by atoms with Crippen LogP contribution in [-0.4, -0.2) is 45.1 Å². The lowest BCUT2D eigenvalue weighted by molar-refractivity contribution is 0.828. The van der Waals surface area contributed by atoms with Crippen LogP contribution in [0.3, 0.4) is 0 Å². The first kappa shape index (κ1) is 13.0. The summed E-state index contributed by atoms with van der Waals surface area (Å²) in [6.07, 6.45) is 7.37. The molecule has 1 fully saturated rings. The van der Waals surface area contributed by atoms with E-state index in [0.29, 0.717) is 11.1 Å². The summed E-state index contributed by atoms with van der Waals surface area (Å²) >= 11 is 1.39. The molecule has 0 aliphatic carbocycles. The van der Waals surface area contributed by atoms with Gasteiger partial charge in [0.05, 0.1) is 6.20 Å². The zero-order valence-electron chi connectivity index (χ0n) is 11.2. The van der Waals surface area contributed by atoms with Crippen molar-refractivity contribution in [3.8, 4) is 0 Å². The molecule has 1 N–H and O–H groups in total. The second-order valence-corrected chi connectivity index (χ2v) is 5.32. The third kappa shape index (κ3) is 2.96. The van der Waals surface area contributed by atoms with Crippen molar-refractivity contribution in [2.75, 3.05) is 30.4 Å². The van der Waals surface area contributed by atoms with E-state index in [0.717, 1.165) is 24.1 Å². The van der Waals surface area contributed by atoms with Crippen LogP contribution in [0, 0.1) is 0 Å². The Morgan fingerprint density at radius 3 is 2.70 bits per heavy atom. The van der Waals surface area contributed by atoms with E-state index in [1.165, 1.54) is 24.6 Å². The van der Waals surface area contributed by atoms with E-state index in [1.54, 1.807) is 25.6 Å². The molecule has 8 heteroatoms. The third-order valence-corrected chi connectivity index (χ3v) is 3.74. The quantitative estimate of drug-likeness (QED) is 0.906. The molecule has 0 aromatic carbocycles. The van der Waals surface area contributed by atoms with E-state index in [1.807, 2.05) is 0 Å². The Bertz CT molecular complexity index is 571. The fourth-order valence-corrected chi connectivity index (χ4v) is 2.67. The zero-order chi connectivity index (χ0) is 13.8. The van der Waals surface area contributed by atoms with Gasteiger partial charge < -0.3 is 10.2 Å². The van der Waals surface area contributed by atoms with Crippen LogP contribution in [0.4, 0.5) is 11.9 Å². The van der Waals surface area contributed by atoms with Gasteiger partial charge in [0.2, 0.25) is 17.1 Å². The normalized spacial score (nSPS) is 14.6. The maximum atomic E-state index is 4.52. The molecule has 1 aliphatic heterocycles. The van der Waals surface area contributed by atoms with Gasteiger partial charge in [-0.25, -0.2) is 4.98 Å². The molecule has 1 aliphatic rings. The molecular formula is C12H15N7S. The molecule has 0 saturated carbocycles. The molecule has 2 aromatic heterocycles. The standard InChI is InChI=1S/C12H15N7S/c1-13-10-16-11(19-6-2-3-7-19)18-12(17-10)20-9-8-14-4-5-15-9/h4-5,8H,2-3,6-7H2,1H3,(H,13,16,17,18). The Morgan fingerprint density at radius 1 is 1.15 bits per heavy atom. The molecule has 0 unspecified atom stereocenters. The maximum Gasteiger partial charge on any atom is 0.231 e. The van der Waals surface area contributed by atoms with Crippen molar-refractivity contribution in [3.05, 3.63) is 18.6 Å². The highest BCUT2D eigenvalue weighted by molar-refractivity contribution is 7.99. The highest BCUT2D eigenvalue weighted by atomic mass is 32.2. The fraction of sp³-hybridized carbons (Fsp3) is 0.417. The molecule has 3 rings (SSSR count). The Labute approximate surface area is 121 Å². The molecule has 3 heterocycles. The van der Waals surface area contributed by atoms with E-state index in [2.05, 4.69) is 35.1 Å². The average molecular weight is 289 g/mol. The molecule has 2 aromatic rings. The summed E-state index contributed by atoms with van der Waals surface area (Å²) in [6.45, 7) is 2.00. The van der Waals surface area contributed by atoms with Gasteiger partial charge in [-0.05, 0) is 24.6 Å². The van der Waals surface area contributed by atoms with Crippen LogP contribution >= 0.6 is 11.8 Å². The summed E-state index contributed by atoms with van der Waals surface area (Å²) in [5.41, 5.74) is 0. The fourth-order valence-electron chi connectivity index (χ4n) is 1.99. The molecule has 20 heavy (non-hydrogen) atoms. The van der Waals surface area contributed by atoms with Crippen LogP contribution in [0.25, 0.3) is 0 Å². The Hall–Kier alpha value is -1.96. The lowest BCUT2D eigenvalue weighted by atomic mass is 10.4. The summed E-state index contributed by atoms with van der Waals surface area (Å²) in [5, 5.41) is 4.38. The molecule has 0 bridgehead atoms. The van der Waals surface area contributed by atoms with Gasteiger partial charge in [-0.15, -0.1) is 0 Å². The third-order valence-electron chi connectivity index (χ3n) is 2.95. The van der Waals surface area contributed by atoms with Gasteiger partial charge in [0, 0.05) is 32.5 Å². The minimum Gasteiger partial charge on any atom is -0.357 e. The first-order valence-corrected chi connectivity index (χ1v) is 7.29. The van der Waals surface area contributed by atoms with Crippen molar-refractivity contribution in [3.63, 3.8) is 0 Å². The number of aromatic nitrogens is 5. The van der Waals surface area contributed by atoms with E-state index >= 15 is 0 Å². The lowest BCUT2D eigenvalue weighted by Gasteiger charge is -2.16. The van der Waals surface area contributed by atoms with E-state index in [9.17, 15) is 0 Å². The largest absolute Gasteiger partial charge is 0.357 e. The smallest absolute Gasteiger partial charge is 0.231 e. The number of rotatable bonds is 4. The number of hydrogen-bond donors (Lipinski definition) is 1. The maximum absolute atomic E-state index is 4.52. The summed E-state index contributed by atoms with van der Waals surface area (Å²) in [5.74, 6) is 1.31. The van der Waals surface area contributed by atoms with Crippen molar-refractivity contribution in [1.82, 2.24) is 24.9 Å². The van der Waals surface area contributed by atoms with Crippen LogP contribution in [0.2, 0.25) is 0 Å². The molecular weight excluding hydrogens is 274 g/mol. The SMILES string of the molecule is CNc1nc(Sc2cnccn2)nc(N2CCCC2)n1. The number of hydrogen-bond acceptors (Lipinski definition) is 8. The van der Waals surface area contributed by atoms with Crippen molar-refractivity contribution in [2.24, 2.45) is 0 Å². The van der Waals surface area contributed by atoms with Gasteiger partial charge in [0.15, 0.2) is 0 Å². The number of nitrogens with zero attached hydrogens (tertiary/aromatic N) is 6. The minimum atomic E-state index is 0.577. The van der Waals surface area contributed by atoms with Gasteiger partial charge in [-0.2, -0.15) is 15.0 Å². The van der Waals surface area contributed by atoms with Crippen LogP contribution in [-0.2, 0) is 0 Å². The van der Waals surface area contributed by atoms with Crippen LogP contribution in [0.5, 0.6) is 0 Å². The van der Waals surface area contributed by atoms with Crippen molar-refractivity contribution >= 4 is 23.7 Å². The summed E-state index contributed by atoms with van der Waals surface area (Å²) in [6, 6.07) is 0. The summed E-state index contributed by atoms with van der Waals surface area (Å²) < 4.78 is 0. The Balaban J connectivity index is 1.87. The molecule has 1 saturated heterocycles. The molecule has 0 spiro atoms. The summed E-state index contributed by atoms with van der Waals surface area (Å²) in [4.78, 5) is 23.7. The van der Waals surface area contributed by atoms with E-state index < -0.39 is 0 Å². The van der Waals surface area contributed by atoms with E-state index in [-0.39, 0.29) is 0 Å². The van der Waals surface area contributed by atoms with Gasteiger partial charge in [0.25, 0.3) is 0 Å². The first-order chi connectivity index (χ1) is 9.85. The Morgan fingerprint density at radius 2 is 2.00 bits per heavy atom. The number of nitrogens with one attached hydrogen (secondary N) is 1. The monoisotopic (exact) mass is 289 g/mol. The predicted octanol–water partition coefficient (Wildman–Crippen LogP) is 1.45. The predicted molar refractivity (Wildman–Crippen MR) is 77.0 cm³/mol. The molecule has 0 amide bonds. The topological polar surface area (TPSA) is 79.7 Å². The van der Waals surface area contributed by atoms with Crippen LogP contribution in [0.15, 0.2) is 28.8 Å². The first-order valence-electron chi connectivity index (χ1n) is 6.48. The van der Waals surface area contributed by atoms with Crippen LogP contribution in [0.1, 0.15) is 12.8 Å². The Kier molecular flexibility index (Phi) is 3.91. The summed E-state index contributed by atoms with van der Waals surface area (Å²) in [7, 11) is 1.81. The van der Waals surface area contributed by atoms with Gasteiger partial charge >= 0.3 is 0 Å².